The van der Waals surface area contributed by atoms with Crippen LogP contribution in [-0.2, 0) is 0 Å². The number of carbonyl (C=O) groups excluding carboxylic acids is 1. The van der Waals surface area contributed by atoms with E-state index in [-0.39, 0.29) is 29.9 Å². The quantitative estimate of drug-likeness (QED) is 0.263. The topological polar surface area (TPSA) is 164 Å². The molecule has 0 bridgehead atoms. The molecule has 0 radical (unpaired) electrons. The normalized spacial score (nSPS) is 17.5. The van der Waals surface area contributed by atoms with E-state index in [4.69, 9.17) is 10.7 Å². The van der Waals surface area contributed by atoms with E-state index in [0.29, 0.717) is 34.5 Å². The largest absolute Gasteiger partial charge is 0.507 e. The molecule has 43 heavy (non-hydrogen) atoms. The fraction of sp³-hybridized carbons (Fsp3) is 0.233. The molecule has 2 saturated heterocycles. The number of benzene rings is 1. The highest BCUT2D eigenvalue weighted by Gasteiger charge is 2.42. The lowest BCUT2D eigenvalue weighted by molar-refractivity contribution is 0.0953. The molecule has 2 aliphatic rings. The maximum atomic E-state index is 12.5. The Morgan fingerprint density at radius 3 is 2.88 bits per heavy atom. The van der Waals surface area contributed by atoms with E-state index in [9.17, 15) is 9.90 Å². The number of anilines is 3. The minimum atomic E-state index is -0.332. The Labute approximate surface area is 246 Å². The third kappa shape index (κ3) is 5.10. The van der Waals surface area contributed by atoms with E-state index in [1.165, 1.54) is 0 Å². The number of hydrogen-bond acceptors (Lipinski definition) is 11. The number of carbonyl (C=O) groups is 1. The number of hydrogen-bond donors (Lipinski definition) is 3. The molecule has 13 nitrogen and oxygen atoms in total. The molecule has 2 atom stereocenters. The van der Waals surface area contributed by atoms with Crippen molar-refractivity contribution in [2.24, 2.45) is 5.92 Å². The van der Waals surface area contributed by atoms with Crippen LogP contribution in [0.15, 0.2) is 67.1 Å². The lowest BCUT2D eigenvalue weighted by atomic mass is 10.1. The van der Waals surface area contributed by atoms with Crippen LogP contribution in [0.1, 0.15) is 22.7 Å². The number of nitrogens with zero attached hydrogens (tertiary/aromatic N) is 9. The van der Waals surface area contributed by atoms with Crippen molar-refractivity contribution < 1.29 is 9.90 Å². The zero-order chi connectivity index (χ0) is 29.3. The number of nitrogens with two attached hydrogens (primary N) is 1. The smallest absolute Gasteiger partial charge is 0.272 e. The SMILES string of the molecule is Nc1nnc(-c2ccccc2O)cc1N1CC2CCN(c3ccnc(C#CCNC(=O)c4cc5ncccn5n4)n3)C2C1. The van der Waals surface area contributed by atoms with Crippen molar-refractivity contribution in [2.45, 2.75) is 12.5 Å². The molecule has 5 aromatic rings. The molecule has 4 N–H and O–H groups in total. The van der Waals surface area contributed by atoms with Crippen LogP contribution in [0, 0.1) is 17.8 Å². The average Bonchev–Trinajstić information content (AvgIpc) is 3.75. The van der Waals surface area contributed by atoms with Gasteiger partial charge in [-0.15, -0.1) is 10.2 Å². The summed E-state index contributed by atoms with van der Waals surface area (Å²) in [7, 11) is 0. The molecule has 2 fully saturated rings. The third-order valence-electron chi connectivity index (χ3n) is 7.81. The summed E-state index contributed by atoms with van der Waals surface area (Å²) >= 11 is 0. The first-order valence-corrected chi connectivity index (χ1v) is 13.9. The van der Waals surface area contributed by atoms with Crippen molar-refractivity contribution in [3.05, 3.63) is 78.6 Å². The van der Waals surface area contributed by atoms with Crippen LogP contribution in [0.2, 0.25) is 0 Å². The highest BCUT2D eigenvalue weighted by atomic mass is 16.3. The van der Waals surface area contributed by atoms with Gasteiger partial charge >= 0.3 is 0 Å². The second kappa shape index (κ2) is 10.9. The van der Waals surface area contributed by atoms with E-state index in [1.54, 1.807) is 47.4 Å². The van der Waals surface area contributed by atoms with Gasteiger partial charge in [0.15, 0.2) is 17.2 Å². The second-order valence-corrected chi connectivity index (χ2v) is 10.4. The lowest BCUT2D eigenvalue weighted by Gasteiger charge is -2.27. The Hall–Kier alpha value is -5.77. The predicted octanol–water partition coefficient (Wildman–Crippen LogP) is 1.76. The Bertz CT molecular complexity index is 1860. The molecule has 0 spiro atoms. The van der Waals surface area contributed by atoms with Crippen molar-refractivity contribution in [3.8, 4) is 28.8 Å². The average molecular weight is 574 g/mol. The maximum Gasteiger partial charge on any atom is 0.272 e. The van der Waals surface area contributed by atoms with Gasteiger partial charge in [-0.3, -0.25) is 4.79 Å². The Kier molecular flexibility index (Phi) is 6.63. The minimum absolute atomic E-state index is 0.126. The van der Waals surface area contributed by atoms with E-state index in [1.807, 2.05) is 24.3 Å². The van der Waals surface area contributed by atoms with Crippen LogP contribution in [0.4, 0.5) is 17.3 Å². The highest BCUT2D eigenvalue weighted by Crippen LogP contribution is 2.39. The number of para-hydroxylation sites is 1. The molecule has 4 aromatic heterocycles. The van der Waals surface area contributed by atoms with Crippen LogP contribution in [0.5, 0.6) is 5.75 Å². The van der Waals surface area contributed by atoms with Crippen LogP contribution in [-0.4, -0.2) is 78.0 Å². The summed E-state index contributed by atoms with van der Waals surface area (Å²) < 4.78 is 1.54. The molecular formula is C30H27N11O2. The standard InChI is InChI=1S/C30H27N11O2/c31-29-23(15-21(36-37-29)20-5-1-2-6-25(20)42)39-17-19-9-14-40(24(19)18-39)27-8-12-32-26(35-27)7-3-10-34-30(43)22-16-28-33-11-4-13-41(28)38-22/h1-2,4-6,8,11-13,15-16,19,24,42H,9-10,14,17-18H2,(H2,31,37)(H,34,43). The van der Waals surface area contributed by atoms with Gasteiger partial charge in [0.25, 0.3) is 5.91 Å². The van der Waals surface area contributed by atoms with Gasteiger partial charge in [-0.25, -0.2) is 19.5 Å². The first-order chi connectivity index (χ1) is 21.0. The Morgan fingerprint density at radius 1 is 1.09 bits per heavy atom. The van der Waals surface area contributed by atoms with Gasteiger partial charge in [-0.1, -0.05) is 18.1 Å². The number of nitrogen functional groups attached to an aromatic ring is 1. The zero-order valence-corrected chi connectivity index (χ0v) is 23.0. The number of nitrogens with one attached hydrogen (secondary N) is 1. The van der Waals surface area contributed by atoms with Crippen molar-refractivity contribution >= 4 is 28.9 Å². The fourth-order valence-corrected chi connectivity index (χ4v) is 5.76. The predicted molar refractivity (Wildman–Crippen MR) is 159 cm³/mol. The number of fused-ring (bicyclic) bond motifs is 2. The molecule has 0 saturated carbocycles. The molecular weight excluding hydrogens is 546 g/mol. The van der Waals surface area contributed by atoms with Gasteiger partial charge in [0, 0.05) is 55.8 Å². The summed E-state index contributed by atoms with van der Waals surface area (Å²) in [5.41, 5.74) is 9.12. The number of amides is 1. The summed E-state index contributed by atoms with van der Waals surface area (Å²) in [5, 5.41) is 25.7. The van der Waals surface area contributed by atoms with Crippen LogP contribution in [0.25, 0.3) is 16.9 Å². The summed E-state index contributed by atoms with van der Waals surface area (Å²) in [6.07, 6.45) is 6.10. The summed E-state index contributed by atoms with van der Waals surface area (Å²) in [4.78, 5) is 30.2. The second-order valence-electron chi connectivity index (χ2n) is 10.4. The van der Waals surface area contributed by atoms with Crippen LogP contribution < -0.4 is 20.9 Å². The Balaban J connectivity index is 1.02. The number of phenols is 1. The highest BCUT2D eigenvalue weighted by molar-refractivity contribution is 5.93. The fourth-order valence-electron chi connectivity index (χ4n) is 5.76. The molecule has 7 rings (SSSR count). The van der Waals surface area contributed by atoms with Crippen molar-refractivity contribution in [2.75, 3.05) is 41.7 Å². The van der Waals surface area contributed by atoms with Gasteiger partial charge in [0.05, 0.1) is 24.0 Å². The number of aromatic hydroxyl groups is 1. The summed E-state index contributed by atoms with van der Waals surface area (Å²) in [6.45, 7) is 2.58. The minimum Gasteiger partial charge on any atom is -0.507 e. The van der Waals surface area contributed by atoms with Gasteiger partial charge in [0.2, 0.25) is 5.82 Å². The van der Waals surface area contributed by atoms with E-state index in [0.717, 1.165) is 37.6 Å². The molecule has 13 heteroatoms. The maximum absolute atomic E-state index is 12.5. The van der Waals surface area contributed by atoms with Gasteiger partial charge in [-0.05, 0) is 42.7 Å². The molecule has 2 aliphatic heterocycles. The van der Waals surface area contributed by atoms with Gasteiger partial charge < -0.3 is 26.0 Å². The molecule has 214 valence electrons. The zero-order valence-electron chi connectivity index (χ0n) is 23.0. The molecule has 1 amide bonds. The summed E-state index contributed by atoms with van der Waals surface area (Å²) in [6, 6.07) is 14.4. The van der Waals surface area contributed by atoms with Gasteiger partial charge in [0.1, 0.15) is 11.6 Å². The molecule has 0 aliphatic carbocycles. The number of aromatic nitrogens is 7. The number of phenolic OH excluding ortho intramolecular Hbond substituents is 1. The van der Waals surface area contributed by atoms with Crippen molar-refractivity contribution in [3.63, 3.8) is 0 Å². The first-order valence-electron chi connectivity index (χ1n) is 13.9. The summed E-state index contributed by atoms with van der Waals surface area (Å²) in [5.74, 6) is 7.68. The molecule has 6 heterocycles. The van der Waals surface area contributed by atoms with Crippen molar-refractivity contribution in [1.82, 2.24) is 40.1 Å². The van der Waals surface area contributed by atoms with Crippen LogP contribution >= 0.6 is 0 Å². The van der Waals surface area contributed by atoms with Crippen LogP contribution in [0.3, 0.4) is 0 Å². The number of rotatable bonds is 5. The van der Waals surface area contributed by atoms with E-state index >= 15 is 0 Å². The third-order valence-corrected chi connectivity index (χ3v) is 7.81. The molecule has 1 aromatic carbocycles. The van der Waals surface area contributed by atoms with E-state index < -0.39 is 0 Å². The lowest BCUT2D eigenvalue weighted by Crippen LogP contribution is -2.36. The molecule has 2 unspecified atom stereocenters. The van der Waals surface area contributed by atoms with Gasteiger partial charge in [-0.2, -0.15) is 5.10 Å². The van der Waals surface area contributed by atoms with Crippen molar-refractivity contribution in [1.29, 1.82) is 0 Å². The Morgan fingerprint density at radius 2 is 2.00 bits per heavy atom. The van der Waals surface area contributed by atoms with E-state index in [2.05, 4.69) is 52.2 Å². The monoisotopic (exact) mass is 573 g/mol. The first kappa shape index (κ1) is 26.1.